The number of carbonyl (C=O) groups is 1. The smallest absolute Gasteiger partial charge is 0.225 e. The Labute approximate surface area is 150 Å². The zero-order chi connectivity index (χ0) is 16.9. The molecule has 0 radical (unpaired) electrons. The predicted molar refractivity (Wildman–Crippen MR) is 95.9 cm³/mol. The molecular weight excluding hydrogens is 312 g/mol. The van der Waals surface area contributed by atoms with Crippen LogP contribution in [0.15, 0.2) is 30.3 Å². The predicted octanol–water partition coefficient (Wildman–Crippen LogP) is 3.34. The Kier molecular flexibility index (Phi) is 3.86. The summed E-state index contributed by atoms with van der Waals surface area (Å²) in [5.41, 5.74) is 1.17. The SMILES string of the molecule is O=C(C1CC1)N1CCC2(CC1)OC(c1ccccc1)C1CCCCN12. The number of carbonyl (C=O) groups excluding carboxylic acids is 1. The number of amides is 1. The molecule has 25 heavy (non-hydrogen) atoms. The van der Waals surface area contributed by atoms with Crippen LogP contribution < -0.4 is 0 Å². The summed E-state index contributed by atoms with van der Waals surface area (Å²) in [6.45, 7) is 2.87. The largest absolute Gasteiger partial charge is 0.351 e. The third kappa shape index (κ3) is 2.70. The number of rotatable bonds is 2. The van der Waals surface area contributed by atoms with E-state index in [1.165, 1.54) is 24.8 Å². The summed E-state index contributed by atoms with van der Waals surface area (Å²) in [6.07, 6.45) is 8.11. The van der Waals surface area contributed by atoms with Crippen molar-refractivity contribution in [3.63, 3.8) is 0 Å². The Bertz CT molecular complexity index is 635. The fourth-order valence-corrected chi connectivity index (χ4v) is 5.16. The standard InChI is InChI=1S/C21H28N2O2/c24-20(17-9-10-17)22-14-11-21(12-15-22)23-13-5-4-8-18(23)19(25-21)16-6-2-1-3-7-16/h1-3,6-7,17-19H,4-5,8-15H2. The van der Waals surface area contributed by atoms with Crippen LogP contribution in [0.1, 0.15) is 56.6 Å². The zero-order valence-corrected chi connectivity index (χ0v) is 14.9. The molecule has 0 aromatic heterocycles. The number of likely N-dealkylation sites (tertiary alicyclic amines) is 1. The fourth-order valence-electron chi connectivity index (χ4n) is 5.16. The van der Waals surface area contributed by atoms with Crippen LogP contribution in [0, 0.1) is 5.92 Å². The topological polar surface area (TPSA) is 32.8 Å². The van der Waals surface area contributed by atoms with E-state index in [9.17, 15) is 4.79 Å². The van der Waals surface area contributed by atoms with Crippen molar-refractivity contribution in [2.45, 2.75) is 62.8 Å². The molecule has 1 aromatic rings. The number of nitrogens with zero attached hydrogens (tertiary/aromatic N) is 2. The first kappa shape index (κ1) is 15.8. The molecule has 2 unspecified atom stereocenters. The Morgan fingerprint density at radius 3 is 2.48 bits per heavy atom. The van der Waals surface area contributed by atoms with Crippen LogP contribution in [-0.2, 0) is 9.53 Å². The quantitative estimate of drug-likeness (QED) is 0.828. The van der Waals surface area contributed by atoms with Crippen molar-refractivity contribution < 1.29 is 9.53 Å². The zero-order valence-electron chi connectivity index (χ0n) is 14.9. The summed E-state index contributed by atoms with van der Waals surface area (Å²) in [5.74, 6) is 0.723. The first-order valence-corrected chi connectivity index (χ1v) is 10.1. The molecule has 5 rings (SSSR count). The molecule has 4 nitrogen and oxygen atoms in total. The average molecular weight is 340 g/mol. The number of hydrogen-bond acceptors (Lipinski definition) is 3. The van der Waals surface area contributed by atoms with Crippen molar-refractivity contribution in [3.05, 3.63) is 35.9 Å². The summed E-state index contributed by atoms with van der Waals surface area (Å²) >= 11 is 0. The summed E-state index contributed by atoms with van der Waals surface area (Å²) in [5, 5.41) is 0. The van der Waals surface area contributed by atoms with Gasteiger partial charge in [0.05, 0.1) is 0 Å². The molecule has 1 spiro atoms. The van der Waals surface area contributed by atoms with Crippen molar-refractivity contribution in [1.29, 1.82) is 0 Å². The molecule has 1 aromatic carbocycles. The summed E-state index contributed by atoms with van der Waals surface area (Å²) in [4.78, 5) is 17.2. The monoisotopic (exact) mass is 340 g/mol. The molecule has 3 aliphatic heterocycles. The Morgan fingerprint density at radius 1 is 1.00 bits per heavy atom. The van der Waals surface area contributed by atoms with Crippen molar-refractivity contribution >= 4 is 5.91 Å². The maximum Gasteiger partial charge on any atom is 0.225 e. The number of benzene rings is 1. The fraction of sp³-hybridized carbons (Fsp3) is 0.667. The highest BCUT2D eigenvalue weighted by molar-refractivity contribution is 5.81. The van der Waals surface area contributed by atoms with Crippen LogP contribution >= 0.6 is 0 Å². The second kappa shape index (κ2) is 6.10. The van der Waals surface area contributed by atoms with Crippen molar-refractivity contribution in [1.82, 2.24) is 9.80 Å². The molecule has 3 heterocycles. The molecule has 4 fully saturated rings. The van der Waals surface area contributed by atoms with Gasteiger partial charge in [0.25, 0.3) is 0 Å². The molecule has 2 atom stereocenters. The van der Waals surface area contributed by atoms with Crippen LogP contribution in [0.3, 0.4) is 0 Å². The lowest BCUT2D eigenvalue weighted by Gasteiger charge is -2.46. The van der Waals surface area contributed by atoms with Crippen LogP contribution in [0.4, 0.5) is 0 Å². The number of piperidine rings is 2. The molecule has 1 aliphatic carbocycles. The molecule has 1 amide bonds. The van der Waals surface area contributed by atoms with Crippen LogP contribution in [0.25, 0.3) is 0 Å². The highest BCUT2D eigenvalue weighted by atomic mass is 16.5. The Balaban J connectivity index is 1.37. The molecule has 0 bridgehead atoms. The van der Waals surface area contributed by atoms with E-state index in [0.29, 0.717) is 17.9 Å². The second-order valence-corrected chi connectivity index (χ2v) is 8.25. The molecule has 3 saturated heterocycles. The van der Waals surface area contributed by atoms with E-state index in [-0.39, 0.29) is 11.8 Å². The minimum absolute atomic E-state index is 0.147. The summed E-state index contributed by atoms with van der Waals surface area (Å²) in [7, 11) is 0. The highest BCUT2D eigenvalue weighted by Crippen LogP contribution is 2.49. The van der Waals surface area contributed by atoms with Gasteiger partial charge in [0.1, 0.15) is 11.8 Å². The molecule has 134 valence electrons. The maximum absolute atomic E-state index is 12.4. The van der Waals surface area contributed by atoms with Gasteiger partial charge >= 0.3 is 0 Å². The lowest BCUT2D eigenvalue weighted by atomic mass is 9.91. The molecular formula is C21H28N2O2. The summed E-state index contributed by atoms with van der Waals surface area (Å²) < 4.78 is 6.82. The van der Waals surface area contributed by atoms with Crippen molar-refractivity contribution in [2.75, 3.05) is 19.6 Å². The normalized spacial score (nSPS) is 31.9. The van der Waals surface area contributed by atoms with E-state index in [2.05, 4.69) is 40.1 Å². The number of fused-ring (bicyclic) bond motifs is 2. The lowest BCUT2D eigenvalue weighted by Crippen LogP contribution is -2.56. The first-order valence-electron chi connectivity index (χ1n) is 10.1. The van der Waals surface area contributed by atoms with Gasteiger partial charge in [0.15, 0.2) is 0 Å². The van der Waals surface area contributed by atoms with E-state index in [1.807, 2.05) is 0 Å². The third-order valence-corrected chi connectivity index (χ3v) is 6.68. The third-order valence-electron chi connectivity index (χ3n) is 6.68. The van der Waals surface area contributed by atoms with Gasteiger partial charge in [-0.25, -0.2) is 0 Å². The molecule has 4 aliphatic rings. The highest BCUT2D eigenvalue weighted by Gasteiger charge is 2.55. The van der Waals surface area contributed by atoms with Crippen LogP contribution in [-0.4, -0.2) is 47.1 Å². The van der Waals surface area contributed by atoms with Crippen LogP contribution in [0.5, 0.6) is 0 Å². The van der Waals surface area contributed by atoms with Crippen LogP contribution in [0.2, 0.25) is 0 Å². The Morgan fingerprint density at radius 2 is 1.76 bits per heavy atom. The van der Waals surface area contributed by atoms with Gasteiger partial charge in [0.2, 0.25) is 5.91 Å². The first-order chi connectivity index (χ1) is 12.3. The van der Waals surface area contributed by atoms with Crippen molar-refractivity contribution in [3.8, 4) is 0 Å². The van der Waals surface area contributed by atoms with Gasteiger partial charge in [-0.05, 0) is 31.2 Å². The van der Waals surface area contributed by atoms with Gasteiger partial charge in [0, 0.05) is 44.4 Å². The lowest BCUT2D eigenvalue weighted by molar-refractivity contribution is -0.155. The number of ether oxygens (including phenoxy) is 1. The second-order valence-electron chi connectivity index (χ2n) is 8.25. The van der Waals surface area contributed by atoms with Gasteiger partial charge in [-0.15, -0.1) is 0 Å². The Hall–Kier alpha value is -1.39. The average Bonchev–Trinajstić information content (AvgIpc) is 3.48. The van der Waals surface area contributed by atoms with E-state index in [4.69, 9.17) is 4.74 Å². The minimum atomic E-state index is -0.147. The van der Waals surface area contributed by atoms with Gasteiger partial charge in [-0.2, -0.15) is 0 Å². The van der Waals surface area contributed by atoms with Crippen molar-refractivity contribution in [2.24, 2.45) is 5.92 Å². The van der Waals surface area contributed by atoms with Gasteiger partial charge in [-0.1, -0.05) is 36.8 Å². The summed E-state index contributed by atoms with van der Waals surface area (Å²) in [6, 6.07) is 11.2. The van der Waals surface area contributed by atoms with Gasteiger partial charge < -0.3 is 9.64 Å². The molecule has 4 heteroatoms. The van der Waals surface area contributed by atoms with Gasteiger partial charge in [-0.3, -0.25) is 9.69 Å². The van der Waals surface area contributed by atoms with E-state index >= 15 is 0 Å². The molecule has 0 N–H and O–H groups in total. The maximum atomic E-state index is 12.4. The van der Waals surface area contributed by atoms with E-state index in [0.717, 1.165) is 45.3 Å². The van der Waals surface area contributed by atoms with E-state index < -0.39 is 0 Å². The molecule has 1 saturated carbocycles. The van der Waals surface area contributed by atoms with E-state index in [1.54, 1.807) is 0 Å². The minimum Gasteiger partial charge on any atom is -0.351 e. The number of hydrogen-bond donors (Lipinski definition) is 0.